The summed E-state index contributed by atoms with van der Waals surface area (Å²) in [6.45, 7) is 2.24. The first-order chi connectivity index (χ1) is 16.5. The van der Waals surface area contributed by atoms with Crippen LogP contribution in [0.15, 0.2) is 72.8 Å². The van der Waals surface area contributed by atoms with Gasteiger partial charge in [-0.25, -0.2) is 8.42 Å². The van der Waals surface area contributed by atoms with E-state index in [0.717, 1.165) is 24.2 Å². The first kappa shape index (κ1) is 31.6. The SMILES string of the molecule is CCCCCCCCCCCCOS(=O)(=O)[O-].[Na+].c1ccc(Nc2ccc3ccccc3c2)cc1. The fraction of sp³-hybridized carbons (Fsp3) is 0.429. The van der Waals surface area contributed by atoms with Gasteiger partial charge in [0.25, 0.3) is 0 Å². The van der Waals surface area contributed by atoms with Crippen LogP contribution < -0.4 is 34.9 Å². The summed E-state index contributed by atoms with van der Waals surface area (Å²) in [6, 6.07) is 25.0. The van der Waals surface area contributed by atoms with Crippen LogP contribution in [0.5, 0.6) is 0 Å². The number of rotatable bonds is 14. The van der Waals surface area contributed by atoms with Gasteiger partial charge in [0.2, 0.25) is 10.4 Å². The summed E-state index contributed by atoms with van der Waals surface area (Å²) in [6.07, 6.45) is 11.7. The van der Waals surface area contributed by atoms with E-state index in [2.05, 4.69) is 71.0 Å². The average molecular weight is 508 g/mol. The minimum atomic E-state index is -4.48. The van der Waals surface area contributed by atoms with E-state index in [1.807, 2.05) is 18.2 Å². The number of fused-ring (bicyclic) bond motifs is 1. The van der Waals surface area contributed by atoms with E-state index in [1.165, 1.54) is 55.7 Å². The minimum absolute atomic E-state index is 0. The molecule has 35 heavy (non-hydrogen) atoms. The molecule has 0 unspecified atom stereocenters. The number of hydrogen-bond acceptors (Lipinski definition) is 5. The predicted molar refractivity (Wildman–Crippen MR) is 141 cm³/mol. The molecule has 186 valence electrons. The molecule has 0 atom stereocenters. The minimum Gasteiger partial charge on any atom is -0.726 e. The van der Waals surface area contributed by atoms with Crippen LogP contribution in [-0.2, 0) is 14.6 Å². The monoisotopic (exact) mass is 507 g/mol. The van der Waals surface area contributed by atoms with Crippen molar-refractivity contribution in [2.45, 2.75) is 71.1 Å². The van der Waals surface area contributed by atoms with Crippen LogP contribution in [0, 0.1) is 0 Å². The van der Waals surface area contributed by atoms with Gasteiger partial charge in [-0.3, -0.25) is 4.18 Å². The first-order valence-electron chi connectivity index (χ1n) is 12.4. The molecule has 0 fully saturated rings. The van der Waals surface area contributed by atoms with Crippen LogP contribution in [0.3, 0.4) is 0 Å². The molecule has 0 radical (unpaired) electrons. The smallest absolute Gasteiger partial charge is 0.726 e. The molecule has 5 nitrogen and oxygen atoms in total. The Balaban J connectivity index is 0.000000340. The maximum absolute atomic E-state index is 10.1. The largest absolute Gasteiger partial charge is 1.00 e. The number of anilines is 2. The third-order valence-electron chi connectivity index (χ3n) is 5.54. The van der Waals surface area contributed by atoms with E-state index in [-0.39, 0.29) is 36.2 Å². The molecule has 0 aliphatic heterocycles. The second-order valence-corrected chi connectivity index (χ2v) is 9.52. The van der Waals surface area contributed by atoms with Crippen molar-refractivity contribution in [2.24, 2.45) is 0 Å². The van der Waals surface area contributed by atoms with E-state index in [0.29, 0.717) is 6.42 Å². The van der Waals surface area contributed by atoms with E-state index >= 15 is 0 Å². The molecule has 0 saturated carbocycles. The Morgan fingerprint density at radius 3 is 1.83 bits per heavy atom. The fourth-order valence-corrected chi connectivity index (χ4v) is 4.03. The van der Waals surface area contributed by atoms with Crippen LogP contribution in [0.4, 0.5) is 11.4 Å². The second kappa shape index (κ2) is 18.8. The molecule has 3 aromatic carbocycles. The Labute approximate surface area is 233 Å². The maximum atomic E-state index is 10.1. The van der Waals surface area contributed by atoms with E-state index < -0.39 is 10.4 Å². The van der Waals surface area contributed by atoms with Gasteiger partial charge < -0.3 is 9.87 Å². The summed E-state index contributed by atoms with van der Waals surface area (Å²) in [7, 11) is -4.48. The van der Waals surface area contributed by atoms with Crippen LogP contribution in [0.1, 0.15) is 71.1 Å². The Hall–Kier alpha value is -1.41. The van der Waals surface area contributed by atoms with Gasteiger partial charge >= 0.3 is 29.6 Å². The number of unbranched alkanes of at least 4 members (excludes halogenated alkanes) is 9. The third-order valence-corrected chi connectivity index (χ3v) is 5.99. The molecule has 3 rings (SSSR count). The van der Waals surface area contributed by atoms with Gasteiger partial charge in [0.05, 0.1) is 6.61 Å². The summed E-state index contributed by atoms with van der Waals surface area (Å²) in [4.78, 5) is 0. The summed E-state index contributed by atoms with van der Waals surface area (Å²) in [5.41, 5.74) is 2.23. The Kier molecular flexibility index (Phi) is 17.0. The Bertz CT molecular complexity index is 1050. The van der Waals surface area contributed by atoms with Gasteiger partial charge in [0.15, 0.2) is 0 Å². The summed E-state index contributed by atoms with van der Waals surface area (Å²) in [5, 5.41) is 5.92. The number of hydrogen-bond donors (Lipinski definition) is 1. The van der Waals surface area contributed by atoms with Gasteiger partial charge in [-0.15, -0.1) is 0 Å². The van der Waals surface area contributed by atoms with Gasteiger partial charge in [-0.05, 0) is 41.5 Å². The van der Waals surface area contributed by atoms with E-state index in [4.69, 9.17) is 0 Å². The molecule has 7 heteroatoms. The molecule has 0 spiro atoms. The molecular formula is C28H38NNaO4S. The molecule has 0 saturated heterocycles. The van der Waals surface area contributed by atoms with Gasteiger partial charge in [0, 0.05) is 11.4 Å². The molecule has 0 aliphatic carbocycles. The van der Waals surface area contributed by atoms with Crippen molar-refractivity contribution < 1.29 is 46.7 Å². The third kappa shape index (κ3) is 15.3. The zero-order valence-electron chi connectivity index (χ0n) is 21.2. The Morgan fingerprint density at radius 1 is 0.686 bits per heavy atom. The molecule has 3 aromatic rings. The van der Waals surface area contributed by atoms with Crippen molar-refractivity contribution in [3.8, 4) is 0 Å². The topological polar surface area (TPSA) is 78.5 Å². The van der Waals surface area contributed by atoms with Crippen LogP contribution >= 0.6 is 0 Å². The molecule has 0 aliphatic rings. The molecule has 0 aromatic heterocycles. The van der Waals surface area contributed by atoms with E-state index in [1.54, 1.807) is 0 Å². The van der Waals surface area contributed by atoms with E-state index in [9.17, 15) is 13.0 Å². The quantitative estimate of drug-likeness (QED) is 0.144. The summed E-state index contributed by atoms with van der Waals surface area (Å²) >= 11 is 0. The normalized spacial score (nSPS) is 10.8. The van der Waals surface area contributed by atoms with Gasteiger partial charge in [0.1, 0.15) is 0 Å². The van der Waals surface area contributed by atoms with Crippen molar-refractivity contribution >= 4 is 32.5 Å². The maximum Gasteiger partial charge on any atom is 1.00 e. The van der Waals surface area contributed by atoms with Crippen molar-refractivity contribution in [1.29, 1.82) is 0 Å². The summed E-state index contributed by atoms with van der Waals surface area (Å²) in [5.74, 6) is 0. The molecular weight excluding hydrogens is 469 g/mol. The van der Waals surface area contributed by atoms with Gasteiger partial charge in [-0.2, -0.15) is 0 Å². The molecule has 1 N–H and O–H groups in total. The van der Waals surface area contributed by atoms with Crippen LogP contribution in [-0.4, -0.2) is 19.6 Å². The standard InChI is InChI=1S/C16H13N.C12H26O4S.Na/c1-2-8-15(9-3-1)17-16-11-10-13-6-4-5-7-14(13)12-16;1-2-3-4-5-6-7-8-9-10-11-12-16-17(13,14)15;/h1-12,17H;2-12H2,1H3,(H,13,14,15);/q;;+1/p-1. The average Bonchev–Trinajstić information content (AvgIpc) is 2.83. The van der Waals surface area contributed by atoms with Crippen LogP contribution in [0.2, 0.25) is 0 Å². The number of para-hydroxylation sites is 1. The fourth-order valence-electron chi connectivity index (χ4n) is 3.71. The zero-order valence-corrected chi connectivity index (χ0v) is 24.1. The van der Waals surface area contributed by atoms with Gasteiger partial charge in [-0.1, -0.05) is 113 Å². The molecule has 0 amide bonds. The van der Waals surface area contributed by atoms with Crippen molar-refractivity contribution in [3.63, 3.8) is 0 Å². The van der Waals surface area contributed by atoms with Crippen molar-refractivity contribution in [1.82, 2.24) is 0 Å². The number of benzene rings is 3. The molecule has 0 bridgehead atoms. The summed E-state index contributed by atoms with van der Waals surface area (Å²) < 4.78 is 34.5. The molecule has 0 heterocycles. The predicted octanol–water partition coefficient (Wildman–Crippen LogP) is 4.97. The zero-order chi connectivity index (χ0) is 24.5. The Morgan fingerprint density at radius 2 is 1.23 bits per heavy atom. The van der Waals surface area contributed by atoms with Crippen molar-refractivity contribution in [2.75, 3.05) is 11.9 Å². The first-order valence-corrected chi connectivity index (χ1v) is 13.7. The number of nitrogens with one attached hydrogen (secondary N) is 1. The van der Waals surface area contributed by atoms with Crippen molar-refractivity contribution in [3.05, 3.63) is 72.8 Å². The second-order valence-electron chi connectivity index (χ2n) is 8.47. The van der Waals surface area contributed by atoms with Crippen LogP contribution in [0.25, 0.3) is 10.8 Å².